The minimum atomic E-state index is -3.79. The molecule has 28 heavy (non-hydrogen) atoms. The first-order chi connectivity index (χ1) is 13.5. The van der Waals surface area contributed by atoms with Crippen LogP contribution < -0.4 is 4.72 Å². The molecule has 0 saturated heterocycles. The fourth-order valence-electron chi connectivity index (χ4n) is 3.04. The Morgan fingerprint density at radius 1 is 1.11 bits per heavy atom. The van der Waals surface area contributed by atoms with Crippen LogP contribution in [0.2, 0.25) is 5.02 Å². The number of hydrogen-bond acceptors (Lipinski definition) is 4. The summed E-state index contributed by atoms with van der Waals surface area (Å²) in [5.41, 5.74) is 1.51. The van der Waals surface area contributed by atoms with Gasteiger partial charge >= 0.3 is 0 Å². The standard InChI is InChI=1S/C20H19ClN4O2S/c1-2-3-12-25-20-17(13-14-6-4-5-7-18(14)22-20)19(23-25)24-28(26,27)16-10-8-15(21)9-11-16/h4-11,13H,2-3,12H2,1H3,(H,23,24). The van der Waals surface area contributed by atoms with Gasteiger partial charge in [0.1, 0.15) is 0 Å². The van der Waals surface area contributed by atoms with E-state index in [0.717, 1.165) is 23.7 Å². The van der Waals surface area contributed by atoms with E-state index in [1.54, 1.807) is 16.8 Å². The van der Waals surface area contributed by atoms with Crippen molar-refractivity contribution in [1.82, 2.24) is 14.8 Å². The molecule has 2 aromatic carbocycles. The molecular weight excluding hydrogens is 396 g/mol. The van der Waals surface area contributed by atoms with E-state index in [1.165, 1.54) is 12.1 Å². The fourth-order valence-corrected chi connectivity index (χ4v) is 4.18. The van der Waals surface area contributed by atoms with Crippen LogP contribution in [0.1, 0.15) is 19.8 Å². The van der Waals surface area contributed by atoms with Gasteiger partial charge in [-0.2, -0.15) is 5.10 Å². The Labute approximate surface area is 168 Å². The number of para-hydroxylation sites is 1. The molecule has 0 aliphatic heterocycles. The van der Waals surface area contributed by atoms with Gasteiger partial charge in [0, 0.05) is 17.0 Å². The van der Waals surface area contributed by atoms with E-state index in [2.05, 4.69) is 16.7 Å². The molecule has 4 aromatic rings. The van der Waals surface area contributed by atoms with Crippen molar-refractivity contribution in [3.05, 3.63) is 59.6 Å². The Morgan fingerprint density at radius 3 is 2.61 bits per heavy atom. The Balaban J connectivity index is 1.83. The van der Waals surface area contributed by atoms with E-state index in [1.807, 2.05) is 30.3 Å². The molecule has 6 nitrogen and oxygen atoms in total. The number of unbranched alkanes of at least 4 members (excludes halogenated alkanes) is 1. The zero-order chi connectivity index (χ0) is 19.7. The van der Waals surface area contributed by atoms with Gasteiger partial charge in [0.2, 0.25) is 0 Å². The number of aryl methyl sites for hydroxylation is 1. The smallest absolute Gasteiger partial charge is 0.261 e. The van der Waals surface area contributed by atoms with Gasteiger partial charge in [-0.25, -0.2) is 18.1 Å². The molecule has 0 amide bonds. The molecule has 0 aliphatic rings. The maximum absolute atomic E-state index is 12.8. The molecule has 0 atom stereocenters. The number of hydrogen-bond donors (Lipinski definition) is 1. The maximum Gasteiger partial charge on any atom is 0.263 e. The molecule has 0 spiro atoms. The summed E-state index contributed by atoms with van der Waals surface area (Å²) in [5, 5.41) is 6.59. The highest BCUT2D eigenvalue weighted by Gasteiger charge is 2.20. The number of halogens is 1. The van der Waals surface area contributed by atoms with Crippen molar-refractivity contribution in [2.24, 2.45) is 0 Å². The number of rotatable bonds is 6. The molecule has 0 unspecified atom stereocenters. The molecular formula is C20H19ClN4O2S. The van der Waals surface area contributed by atoms with E-state index in [9.17, 15) is 8.42 Å². The Bertz CT molecular complexity index is 1250. The zero-order valence-electron chi connectivity index (χ0n) is 15.3. The number of pyridine rings is 1. The van der Waals surface area contributed by atoms with Gasteiger partial charge < -0.3 is 0 Å². The average molecular weight is 415 g/mol. The van der Waals surface area contributed by atoms with Gasteiger partial charge in [-0.05, 0) is 42.8 Å². The second-order valence-electron chi connectivity index (χ2n) is 6.54. The number of aromatic nitrogens is 3. The van der Waals surface area contributed by atoms with Crippen LogP contribution in [0.4, 0.5) is 5.82 Å². The van der Waals surface area contributed by atoms with Crippen molar-refractivity contribution < 1.29 is 8.42 Å². The van der Waals surface area contributed by atoms with Crippen LogP contribution in [0.25, 0.3) is 21.9 Å². The lowest BCUT2D eigenvalue weighted by atomic mass is 10.2. The number of benzene rings is 2. The second kappa shape index (κ2) is 7.41. The summed E-state index contributed by atoms with van der Waals surface area (Å²) in [7, 11) is -3.79. The topological polar surface area (TPSA) is 76.9 Å². The van der Waals surface area contributed by atoms with Crippen molar-refractivity contribution in [1.29, 1.82) is 0 Å². The van der Waals surface area contributed by atoms with Gasteiger partial charge in [-0.15, -0.1) is 0 Å². The molecule has 2 aromatic heterocycles. The molecule has 4 rings (SSSR count). The van der Waals surface area contributed by atoms with Crippen molar-refractivity contribution in [3.63, 3.8) is 0 Å². The lowest BCUT2D eigenvalue weighted by Crippen LogP contribution is -2.13. The largest absolute Gasteiger partial charge is 0.263 e. The molecule has 2 heterocycles. The number of anilines is 1. The monoisotopic (exact) mass is 414 g/mol. The summed E-state index contributed by atoms with van der Waals surface area (Å²) in [6, 6.07) is 15.7. The summed E-state index contributed by atoms with van der Waals surface area (Å²) in [6.07, 6.45) is 1.93. The van der Waals surface area contributed by atoms with Gasteiger partial charge in [-0.3, -0.25) is 4.72 Å². The van der Waals surface area contributed by atoms with Crippen molar-refractivity contribution in [2.45, 2.75) is 31.2 Å². The van der Waals surface area contributed by atoms with Gasteiger partial charge in [-0.1, -0.05) is 43.1 Å². The van der Waals surface area contributed by atoms with Gasteiger partial charge in [0.25, 0.3) is 10.0 Å². The molecule has 144 valence electrons. The SMILES string of the molecule is CCCCn1nc(NS(=O)(=O)c2ccc(Cl)cc2)c2cc3ccccc3nc21. The summed E-state index contributed by atoms with van der Waals surface area (Å²) in [6.45, 7) is 2.76. The molecule has 0 radical (unpaired) electrons. The minimum Gasteiger partial charge on any atom is -0.261 e. The highest BCUT2D eigenvalue weighted by molar-refractivity contribution is 7.92. The lowest BCUT2D eigenvalue weighted by molar-refractivity contribution is 0.584. The van der Waals surface area contributed by atoms with Gasteiger partial charge in [0.15, 0.2) is 11.5 Å². The van der Waals surface area contributed by atoms with E-state index < -0.39 is 10.0 Å². The third-order valence-electron chi connectivity index (χ3n) is 4.50. The highest BCUT2D eigenvalue weighted by Crippen LogP contribution is 2.28. The number of sulfonamides is 1. The lowest BCUT2D eigenvalue weighted by Gasteiger charge is -2.06. The van der Waals surface area contributed by atoms with Crippen molar-refractivity contribution in [2.75, 3.05) is 4.72 Å². The summed E-state index contributed by atoms with van der Waals surface area (Å²) < 4.78 is 30.0. The molecule has 0 bridgehead atoms. The number of nitrogens with zero attached hydrogens (tertiary/aromatic N) is 3. The zero-order valence-corrected chi connectivity index (χ0v) is 16.8. The third-order valence-corrected chi connectivity index (χ3v) is 6.11. The Morgan fingerprint density at radius 2 is 1.86 bits per heavy atom. The minimum absolute atomic E-state index is 0.127. The molecule has 8 heteroatoms. The normalized spacial score (nSPS) is 11.9. The number of fused-ring (bicyclic) bond motifs is 2. The van der Waals surface area contributed by atoms with E-state index in [-0.39, 0.29) is 10.7 Å². The third kappa shape index (κ3) is 3.55. The van der Waals surface area contributed by atoms with Crippen LogP contribution >= 0.6 is 11.6 Å². The maximum atomic E-state index is 12.8. The Kier molecular flexibility index (Phi) is 4.95. The molecule has 0 aliphatic carbocycles. The first-order valence-corrected chi connectivity index (χ1v) is 10.9. The highest BCUT2D eigenvalue weighted by atomic mass is 35.5. The Hall–Kier alpha value is -2.64. The number of nitrogens with one attached hydrogen (secondary N) is 1. The van der Waals surface area contributed by atoms with Crippen LogP contribution in [0, 0.1) is 0 Å². The average Bonchev–Trinajstić information content (AvgIpc) is 3.01. The first kappa shape index (κ1) is 18.7. The predicted molar refractivity (Wildman–Crippen MR) is 112 cm³/mol. The molecule has 0 fully saturated rings. The summed E-state index contributed by atoms with van der Waals surface area (Å²) >= 11 is 5.87. The van der Waals surface area contributed by atoms with Crippen LogP contribution in [-0.2, 0) is 16.6 Å². The van der Waals surface area contributed by atoms with E-state index >= 15 is 0 Å². The van der Waals surface area contributed by atoms with Crippen LogP contribution in [0.5, 0.6) is 0 Å². The van der Waals surface area contributed by atoms with Crippen molar-refractivity contribution in [3.8, 4) is 0 Å². The quantitative estimate of drug-likeness (QED) is 0.489. The van der Waals surface area contributed by atoms with Crippen LogP contribution in [-0.4, -0.2) is 23.2 Å². The van der Waals surface area contributed by atoms with Crippen molar-refractivity contribution >= 4 is 49.4 Å². The van der Waals surface area contributed by atoms with Crippen LogP contribution in [0.3, 0.4) is 0 Å². The fraction of sp³-hybridized carbons (Fsp3) is 0.200. The first-order valence-electron chi connectivity index (χ1n) is 9.02. The van der Waals surface area contributed by atoms with E-state index in [4.69, 9.17) is 16.6 Å². The van der Waals surface area contributed by atoms with Gasteiger partial charge in [0.05, 0.1) is 15.8 Å². The molecule has 0 saturated carbocycles. The summed E-state index contributed by atoms with van der Waals surface area (Å²) in [4.78, 5) is 4.84. The predicted octanol–water partition coefficient (Wildman–Crippen LogP) is 4.84. The summed E-state index contributed by atoms with van der Waals surface area (Å²) in [5.74, 6) is 0.277. The van der Waals surface area contributed by atoms with E-state index in [0.29, 0.717) is 22.6 Å². The molecule has 1 N–H and O–H groups in total. The van der Waals surface area contributed by atoms with Crippen LogP contribution in [0.15, 0.2) is 59.5 Å². The second-order valence-corrected chi connectivity index (χ2v) is 8.66.